The number of benzene rings is 2. The summed E-state index contributed by atoms with van der Waals surface area (Å²) in [5, 5.41) is 19.8. The van der Waals surface area contributed by atoms with Crippen LogP contribution < -0.4 is 0 Å². The summed E-state index contributed by atoms with van der Waals surface area (Å²) in [7, 11) is 0. The van der Waals surface area contributed by atoms with Crippen LogP contribution in [0.3, 0.4) is 0 Å². The maximum Gasteiger partial charge on any atom is 0.453 e. The minimum Gasteiger partial charge on any atom is -0.616 e. The molecule has 0 bridgehead atoms. The lowest BCUT2D eigenvalue weighted by atomic mass is 9.66. The van der Waals surface area contributed by atoms with Gasteiger partial charge < -0.3 is 14.8 Å². The van der Waals surface area contributed by atoms with Crippen LogP contribution in [0, 0.1) is 5.92 Å². The lowest BCUT2D eigenvalue weighted by Crippen LogP contribution is -2.36. The van der Waals surface area contributed by atoms with Crippen molar-refractivity contribution in [2.45, 2.75) is 101 Å². The Balaban J connectivity index is 1.35. The average molecular weight is 589 g/mol. The van der Waals surface area contributed by atoms with Crippen LogP contribution in [0.1, 0.15) is 99.7 Å². The molecule has 9 heteroatoms. The Bertz CT molecular complexity index is 1040. The molecule has 0 amide bonds. The number of hydrogen-bond acceptors (Lipinski definition) is 3. The van der Waals surface area contributed by atoms with Gasteiger partial charge in [-0.2, -0.15) is 22.0 Å². The lowest BCUT2D eigenvalue weighted by Gasteiger charge is -2.38. The molecule has 1 aliphatic rings. The van der Waals surface area contributed by atoms with Gasteiger partial charge in [-0.15, -0.1) is 0 Å². The summed E-state index contributed by atoms with van der Waals surface area (Å²) in [6.07, 6.45) is 1.50. The molecule has 3 nitrogen and oxygen atoms in total. The standard InChI is InChI=1S/C31H41F5O3S/c1-22-27(28-16-15-26(38)20-24(28)21-29(22)23-11-13-25(37)14-12-23)10-7-5-3-2-4-6-8-18-40(39)19-9-17-30(32,33)31(34,35)36/h11-16,20,22,27,29,37-38H,2-10,17-19,21H2,1H3. The zero-order chi connectivity index (χ0) is 29.3. The number of phenols is 2. The number of aromatic hydroxyl groups is 2. The molecule has 0 saturated carbocycles. The van der Waals surface area contributed by atoms with Crippen molar-refractivity contribution in [3.8, 4) is 11.5 Å². The van der Waals surface area contributed by atoms with Crippen molar-refractivity contribution in [3.63, 3.8) is 0 Å². The van der Waals surface area contributed by atoms with Gasteiger partial charge in [-0.05, 0) is 90.8 Å². The van der Waals surface area contributed by atoms with E-state index in [1.807, 2.05) is 18.2 Å². The monoisotopic (exact) mass is 588 g/mol. The predicted molar refractivity (Wildman–Crippen MR) is 150 cm³/mol. The Hall–Kier alpha value is -2.00. The fraction of sp³-hybridized carbons (Fsp3) is 0.613. The SMILES string of the molecule is CC1C(c2ccc(O)cc2)Cc2cc(O)ccc2C1CCCCCCCCC[S+]([O-])CCCC(F)(F)C(F)(F)F. The van der Waals surface area contributed by atoms with E-state index in [0.717, 1.165) is 51.4 Å². The summed E-state index contributed by atoms with van der Waals surface area (Å²) in [5.41, 5.74) is 3.70. The molecule has 0 saturated heterocycles. The molecule has 2 aromatic carbocycles. The highest BCUT2D eigenvalue weighted by atomic mass is 32.2. The van der Waals surface area contributed by atoms with E-state index in [9.17, 15) is 36.7 Å². The van der Waals surface area contributed by atoms with Crippen molar-refractivity contribution >= 4 is 11.2 Å². The van der Waals surface area contributed by atoms with Crippen LogP contribution in [0.15, 0.2) is 42.5 Å². The molecule has 0 heterocycles. The van der Waals surface area contributed by atoms with Gasteiger partial charge in [-0.1, -0.05) is 68.4 Å². The van der Waals surface area contributed by atoms with E-state index in [-0.39, 0.29) is 17.3 Å². The van der Waals surface area contributed by atoms with E-state index >= 15 is 0 Å². The highest BCUT2D eigenvalue weighted by molar-refractivity contribution is 7.91. The van der Waals surface area contributed by atoms with Gasteiger partial charge in [0.25, 0.3) is 0 Å². The van der Waals surface area contributed by atoms with Crippen molar-refractivity contribution in [2.24, 2.45) is 5.92 Å². The molecule has 224 valence electrons. The third-order valence-corrected chi connectivity index (χ3v) is 9.71. The van der Waals surface area contributed by atoms with Crippen molar-refractivity contribution < 1.29 is 36.7 Å². The molecule has 40 heavy (non-hydrogen) atoms. The van der Waals surface area contributed by atoms with E-state index in [0.29, 0.717) is 29.9 Å². The zero-order valence-electron chi connectivity index (χ0n) is 23.1. The van der Waals surface area contributed by atoms with Gasteiger partial charge >= 0.3 is 12.1 Å². The van der Waals surface area contributed by atoms with Gasteiger partial charge in [0.15, 0.2) is 0 Å². The second-order valence-corrected chi connectivity index (χ2v) is 12.9. The summed E-state index contributed by atoms with van der Waals surface area (Å²) >= 11 is -1.36. The molecule has 2 N–H and O–H groups in total. The van der Waals surface area contributed by atoms with E-state index in [1.54, 1.807) is 18.2 Å². The minimum absolute atomic E-state index is 0.123. The van der Waals surface area contributed by atoms with Crippen LogP contribution in [0.2, 0.25) is 0 Å². The number of rotatable bonds is 15. The molecule has 2 aromatic rings. The molecule has 4 atom stereocenters. The summed E-state index contributed by atoms with van der Waals surface area (Å²) in [5.74, 6) is -2.85. The number of fused-ring (bicyclic) bond motifs is 1. The van der Waals surface area contributed by atoms with E-state index in [2.05, 4.69) is 13.0 Å². The summed E-state index contributed by atoms with van der Waals surface area (Å²) in [6.45, 7) is 2.30. The Labute approximate surface area is 237 Å². The first-order chi connectivity index (χ1) is 18.9. The smallest absolute Gasteiger partial charge is 0.453 e. The number of hydrogen-bond donors (Lipinski definition) is 2. The topological polar surface area (TPSA) is 63.5 Å². The maximum absolute atomic E-state index is 12.9. The second kappa shape index (κ2) is 14.8. The summed E-state index contributed by atoms with van der Waals surface area (Å²) in [4.78, 5) is 0. The molecular weight excluding hydrogens is 547 g/mol. The Morgan fingerprint density at radius 1 is 0.800 bits per heavy atom. The van der Waals surface area contributed by atoms with E-state index < -0.39 is 36.1 Å². The molecule has 0 spiro atoms. The quantitative estimate of drug-likeness (QED) is 0.124. The molecule has 3 rings (SSSR count). The summed E-state index contributed by atoms with van der Waals surface area (Å²) < 4.78 is 74.3. The van der Waals surface area contributed by atoms with E-state index in [4.69, 9.17) is 0 Å². The fourth-order valence-corrected chi connectivity index (χ4v) is 7.09. The molecule has 1 aliphatic carbocycles. The van der Waals surface area contributed by atoms with Gasteiger partial charge in [0, 0.05) is 6.42 Å². The Morgan fingerprint density at radius 3 is 2.02 bits per heavy atom. The minimum atomic E-state index is -5.55. The number of alkyl halides is 5. The van der Waals surface area contributed by atoms with Gasteiger partial charge in [0.1, 0.15) is 23.0 Å². The number of halogens is 5. The summed E-state index contributed by atoms with van der Waals surface area (Å²) in [6, 6.07) is 13.1. The fourth-order valence-electron chi connectivity index (χ4n) is 5.89. The van der Waals surface area contributed by atoms with Crippen molar-refractivity contribution in [1.82, 2.24) is 0 Å². The van der Waals surface area contributed by atoms with Crippen LogP contribution in [0.4, 0.5) is 22.0 Å². The van der Waals surface area contributed by atoms with E-state index in [1.165, 1.54) is 16.7 Å². The normalized spacial score (nSPS) is 20.3. The highest BCUT2D eigenvalue weighted by Gasteiger charge is 2.56. The van der Waals surface area contributed by atoms with Gasteiger partial charge in [0.05, 0.1) is 0 Å². The first kappa shape index (κ1) is 32.5. The third-order valence-electron chi connectivity index (χ3n) is 8.22. The predicted octanol–water partition coefficient (Wildman–Crippen LogP) is 9.00. The molecule has 0 fully saturated rings. The largest absolute Gasteiger partial charge is 0.616 e. The van der Waals surface area contributed by atoms with Crippen molar-refractivity contribution in [1.29, 1.82) is 0 Å². The van der Waals surface area contributed by atoms with Crippen molar-refractivity contribution in [3.05, 3.63) is 59.2 Å². The van der Waals surface area contributed by atoms with Crippen LogP contribution >= 0.6 is 0 Å². The number of phenolic OH excluding ortho intramolecular Hbond substituents is 2. The molecule has 0 radical (unpaired) electrons. The van der Waals surface area contributed by atoms with Crippen molar-refractivity contribution in [2.75, 3.05) is 11.5 Å². The second-order valence-electron chi connectivity index (χ2n) is 11.2. The molecule has 0 aromatic heterocycles. The Kier molecular flexibility index (Phi) is 12.0. The molecule has 4 unspecified atom stereocenters. The lowest BCUT2D eigenvalue weighted by molar-refractivity contribution is -0.284. The van der Waals surface area contributed by atoms with Gasteiger partial charge in [-0.3, -0.25) is 0 Å². The van der Waals surface area contributed by atoms with Crippen LogP contribution in [0.25, 0.3) is 0 Å². The first-order valence-corrected chi connectivity index (χ1v) is 15.8. The van der Waals surface area contributed by atoms with Gasteiger partial charge in [0.2, 0.25) is 0 Å². The molecular formula is C31H41F5O3S. The highest BCUT2D eigenvalue weighted by Crippen LogP contribution is 2.47. The van der Waals surface area contributed by atoms with Crippen LogP contribution in [-0.2, 0) is 17.6 Å². The third kappa shape index (κ3) is 9.26. The first-order valence-electron chi connectivity index (χ1n) is 14.3. The molecule has 0 aliphatic heterocycles. The Morgan fingerprint density at radius 2 is 1.38 bits per heavy atom. The average Bonchev–Trinajstić information content (AvgIpc) is 2.88. The van der Waals surface area contributed by atoms with Crippen LogP contribution in [-0.4, -0.2) is 38.4 Å². The number of unbranched alkanes of at least 4 members (excludes halogenated alkanes) is 6. The van der Waals surface area contributed by atoms with Crippen LogP contribution in [0.5, 0.6) is 11.5 Å². The zero-order valence-corrected chi connectivity index (χ0v) is 23.9. The van der Waals surface area contributed by atoms with Gasteiger partial charge in [-0.25, -0.2) is 0 Å². The maximum atomic E-state index is 12.9.